The molecule has 0 spiro atoms. The van der Waals surface area contributed by atoms with Gasteiger partial charge in [-0.25, -0.2) is 13.5 Å². The van der Waals surface area contributed by atoms with Crippen molar-refractivity contribution in [2.75, 3.05) is 0 Å². The smallest absolute Gasteiger partial charge is 0.656 e. The van der Waals surface area contributed by atoms with Crippen LogP contribution in [0, 0.1) is 44.4 Å². The van der Waals surface area contributed by atoms with Gasteiger partial charge in [0.1, 0.15) is 0 Å². The van der Waals surface area contributed by atoms with Crippen LogP contribution in [0.1, 0.15) is 0 Å². The van der Waals surface area contributed by atoms with Gasteiger partial charge in [0.2, 0.25) is 0 Å². The molecule has 0 atom stereocenters. The summed E-state index contributed by atoms with van der Waals surface area (Å²) in [6.45, 7) is 6.56. The molecule has 0 fully saturated rings. The van der Waals surface area contributed by atoms with E-state index in [9.17, 15) is 0 Å². The van der Waals surface area contributed by atoms with Crippen molar-refractivity contribution >= 4 is 0 Å². The summed E-state index contributed by atoms with van der Waals surface area (Å²) in [5.74, 6) is 0.250. The fourth-order valence-corrected chi connectivity index (χ4v) is 0.167. The van der Waals surface area contributed by atoms with Gasteiger partial charge in [-0.15, -0.1) is 0 Å². The SMILES string of the molecule is C=C([CH2-])O[C-](N)N.[U+2]. The molecule has 0 aliphatic carbocycles. The molecule has 4 N–H and O–H groups in total. The summed E-state index contributed by atoms with van der Waals surface area (Å²) in [4.78, 5) is 0. The van der Waals surface area contributed by atoms with Crippen LogP contribution >= 0.6 is 0 Å². The average Bonchev–Trinajstić information content (AvgIpc) is 1.27. The number of nitrogens with two attached hydrogens (primary N) is 2. The summed E-state index contributed by atoms with van der Waals surface area (Å²) in [6.07, 6.45) is -0.125. The summed E-state index contributed by atoms with van der Waals surface area (Å²) in [5.41, 5.74) is 9.73. The molecular formula is C4H8N2OU. The number of allylic oxidation sites excluding steroid dienone is 1. The van der Waals surface area contributed by atoms with Crippen LogP contribution in [0.15, 0.2) is 12.3 Å². The number of hydrogen-bond acceptors (Lipinski definition) is 3. The monoisotopic (exact) mass is 338 g/mol. The van der Waals surface area contributed by atoms with E-state index in [1.165, 1.54) is 0 Å². The minimum Gasteiger partial charge on any atom is -0.656 e. The van der Waals surface area contributed by atoms with Gasteiger partial charge in [-0.05, 0) is 6.35 Å². The first-order chi connectivity index (χ1) is 3.13. The van der Waals surface area contributed by atoms with Crippen molar-refractivity contribution in [3.05, 3.63) is 25.6 Å². The zero-order chi connectivity index (χ0) is 5.86. The van der Waals surface area contributed by atoms with E-state index in [1.807, 2.05) is 0 Å². The van der Waals surface area contributed by atoms with E-state index in [1.54, 1.807) is 0 Å². The van der Waals surface area contributed by atoms with Crippen molar-refractivity contribution in [1.82, 2.24) is 0 Å². The van der Waals surface area contributed by atoms with Crippen molar-refractivity contribution in [1.29, 1.82) is 0 Å². The van der Waals surface area contributed by atoms with Crippen LogP contribution in [0.3, 0.4) is 0 Å². The molecule has 0 aromatic carbocycles. The molecule has 0 aliphatic heterocycles. The Morgan fingerprint density at radius 3 is 2.00 bits per heavy atom. The molecule has 0 radical (unpaired) electrons. The Labute approximate surface area is 72.8 Å². The third kappa shape index (κ3) is 9.63. The van der Waals surface area contributed by atoms with Crippen LogP contribution in [0.25, 0.3) is 0 Å². The van der Waals surface area contributed by atoms with E-state index in [0.29, 0.717) is 0 Å². The van der Waals surface area contributed by atoms with Gasteiger partial charge in [-0.2, -0.15) is 0 Å². The van der Waals surface area contributed by atoms with Crippen molar-refractivity contribution in [3.8, 4) is 0 Å². The molecule has 0 aromatic heterocycles. The second kappa shape index (κ2) is 5.52. The third-order valence-corrected chi connectivity index (χ3v) is 0.262. The van der Waals surface area contributed by atoms with Gasteiger partial charge < -0.3 is 16.2 Å². The molecule has 44 valence electrons. The summed E-state index contributed by atoms with van der Waals surface area (Å²) < 4.78 is 4.42. The molecule has 0 aromatic rings. The molecule has 4 heteroatoms. The summed E-state index contributed by atoms with van der Waals surface area (Å²) in [5, 5.41) is 0. The van der Waals surface area contributed by atoms with Gasteiger partial charge in [-0.3, -0.25) is 0 Å². The van der Waals surface area contributed by atoms with Gasteiger partial charge >= 0.3 is 31.1 Å². The Balaban J connectivity index is 0. The molecule has 0 saturated heterocycles. The van der Waals surface area contributed by atoms with Gasteiger partial charge in [-0.1, -0.05) is 5.76 Å². The van der Waals surface area contributed by atoms with Gasteiger partial charge in [0, 0.05) is 0 Å². The molecule has 0 rings (SSSR count). The van der Waals surface area contributed by atoms with E-state index >= 15 is 0 Å². The van der Waals surface area contributed by atoms with E-state index in [0.717, 1.165) is 0 Å². The fourth-order valence-electron chi connectivity index (χ4n) is 0.167. The standard InChI is InChI=1S/C4H8N2O.U/c1-3(2)7-4(5)6;/h1-2,5-6H2;/q-2;+2. The topological polar surface area (TPSA) is 61.3 Å². The molecule has 0 saturated carbocycles. The zero-order valence-corrected chi connectivity index (χ0v) is 8.64. The predicted octanol–water partition coefficient (Wildman–Crippen LogP) is -0.285. The molecule has 0 amide bonds. The van der Waals surface area contributed by atoms with E-state index in [-0.39, 0.29) is 43.2 Å². The maximum Gasteiger partial charge on any atom is 2.00 e. The second-order valence-corrected chi connectivity index (χ2v) is 1.04. The van der Waals surface area contributed by atoms with E-state index < -0.39 is 0 Å². The number of hydrogen-bond donors (Lipinski definition) is 2. The molecule has 0 heterocycles. The molecule has 0 bridgehead atoms. The molecule has 0 aliphatic rings. The van der Waals surface area contributed by atoms with Crippen LogP contribution in [0.4, 0.5) is 0 Å². The van der Waals surface area contributed by atoms with Crippen molar-refractivity contribution in [2.45, 2.75) is 0 Å². The zero-order valence-electron chi connectivity index (χ0n) is 4.48. The average molecular weight is 338 g/mol. The van der Waals surface area contributed by atoms with Crippen molar-refractivity contribution < 1.29 is 35.9 Å². The van der Waals surface area contributed by atoms with E-state index in [4.69, 9.17) is 11.5 Å². The predicted molar refractivity (Wildman–Crippen MR) is 27.2 cm³/mol. The van der Waals surface area contributed by atoms with Gasteiger partial charge in [0.15, 0.2) is 0 Å². The Morgan fingerprint density at radius 1 is 1.62 bits per heavy atom. The Bertz CT molecular complexity index is 74.4. The minimum absolute atomic E-state index is 0. The van der Waals surface area contributed by atoms with Gasteiger partial charge in [0.05, 0.1) is 0 Å². The Hall–Kier alpha value is 0.382. The normalized spacial score (nSPS) is 7.88. The van der Waals surface area contributed by atoms with Crippen LogP contribution in [0.5, 0.6) is 0 Å². The first-order valence-corrected chi connectivity index (χ1v) is 1.69. The molecule has 0 unspecified atom stereocenters. The first-order valence-electron chi connectivity index (χ1n) is 1.69. The number of rotatable bonds is 2. The van der Waals surface area contributed by atoms with Crippen LogP contribution in [0.2, 0.25) is 0 Å². The fraction of sp³-hybridized carbons (Fsp3) is 0. The maximum atomic E-state index is 4.86. The Kier molecular flexibility index (Phi) is 7.73. The first kappa shape index (κ1) is 11.2. The molecule has 3 nitrogen and oxygen atoms in total. The van der Waals surface area contributed by atoms with Crippen LogP contribution in [-0.4, -0.2) is 0 Å². The summed E-state index contributed by atoms with van der Waals surface area (Å²) in [7, 11) is 0. The number of ether oxygens (including phenoxy) is 1. The van der Waals surface area contributed by atoms with Crippen LogP contribution in [-0.2, 0) is 4.74 Å². The van der Waals surface area contributed by atoms with Gasteiger partial charge in [0.25, 0.3) is 0 Å². The Morgan fingerprint density at radius 2 is 2.00 bits per heavy atom. The third-order valence-electron chi connectivity index (χ3n) is 0.262. The minimum atomic E-state index is -0.125. The second-order valence-electron chi connectivity index (χ2n) is 1.04. The van der Waals surface area contributed by atoms with Crippen molar-refractivity contribution in [2.24, 2.45) is 11.5 Å². The van der Waals surface area contributed by atoms with Crippen LogP contribution < -0.4 is 11.5 Å². The summed E-state index contributed by atoms with van der Waals surface area (Å²) in [6, 6.07) is 0. The largest absolute Gasteiger partial charge is 2.00 e. The quantitative estimate of drug-likeness (QED) is 0.538. The van der Waals surface area contributed by atoms with Crippen molar-refractivity contribution in [3.63, 3.8) is 0 Å². The van der Waals surface area contributed by atoms with E-state index in [2.05, 4.69) is 18.2 Å². The maximum absolute atomic E-state index is 4.86. The molecular weight excluding hydrogens is 330 g/mol. The summed E-state index contributed by atoms with van der Waals surface area (Å²) >= 11 is 0. The molecule has 8 heavy (non-hydrogen) atoms.